The quantitative estimate of drug-likeness (QED) is 0.743. The van der Waals surface area contributed by atoms with Gasteiger partial charge in [0.25, 0.3) is 0 Å². The first kappa shape index (κ1) is 15.1. The number of methoxy groups -OCH3 is 2. The minimum absolute atomic E-state index is 0.489. The molecule has 1 saturated carbocycles. The number of hydrogen-bond acceptors (Lipinski definition) is 4. The van der Waals surface area contributed by atoms with Gasteiger partial charge in [0.2, 0.25) is 0 Å². The van der Waals surface area contributed by atoms with Crippen LogP contribution >= 0.6 is 0 Å². The molecule has 1 aliphatic rings. The number of ether oxygens (including phenoxy) is 3. The van der Waals surface area contributed by atoms with E-state index in [0.717, 1.165) is 36.8 Å². The summed E-state index contributed by atoms with van der Waals surface area (Å²) < 4.78 is 16.5. The van der Waals surface area contributed by atoms with Crippen LogP contribution in [0.1, 0.15) is 31.2 Å². The lowest BCUT2D eigenvalue weighted by Gasteiger charge is -2.14. The lowest BCUT2D eigenvalue weighted by molar-refractivity contribution is 0.0602. The molecule has 20 heavy (non-hydrogen) atoms. The zero-order chi connectivity index (χ0) is 14.2. The van der Waals surface area contributed by atoms with E-state index in [1.165, 1.54) is 25.7 Å². The molecule has 1 aromatic rings. The molecule has 0 bridgehead atoms. The van der Waals surface area contributed by atoms with E-state index in [4.69, 9.17) is 14.2 Å². The normalized spacial score (nSPS) is 15.5. The van der Waals surface area contributed by atoms with Crippen molar-refractivity contribution in [3.63, 3.8) is 0 Å². The number of hydrogen-bond donors (Lipinski definition) is 1. The Morgan fingerprint density at radius 2 is 1.95 bits per heavy atom. The average molecular weight is 279 g/mol. The van der Waals surface area contributed by atoms with E-state index in [9.17, 15) is 0 Å². The van der Waals surface area contributed by atoms with Crippen molar-refractivity contribution in [2.45, 2.75) is 38.3 Å². The molecule has 2 rings (SSSR count). The number of benzene rings is 1. The Morgan fingerprint density at radius 1 is 1.15 bits per heavy atom. The van der Waals surface area contributed by atoms with E-state index in [-0.39, 0.29) is 0 Å². The molecule has 1 aliphatic carbocycles. The number of rotatable bonds is 8. The van der Waals surface area contributed by atoms with Gasteiger partial charge in [0.1, 0.15) is 0 Å². The highest BCUT2D eigenvalue weighted by Crippen LogP contribution is 2.30. The van der Waals surface area contributed by atoms with Gasteiger partial charge in [-0.2, -0.15) is 0 Å². The van der Waals surface area contributed by atoms with E-state index < -0.39 is 0 Å². The van der Waals surface area contributed by atoms with Crippen LogP contribution in [0.5, 0.6) is 11.5 Å². The van der Waals surface area contributed by atoms with E-state index in [1.54, 1.807) is 14.2 Å². The second-order valence-corrected chi connectivity index (χ2v) is 5.11. The summed E-state index contributed by atoms with van der Waals surface area (Å²) in [6.45, 7) is 2.39. The van der Waals surface area contributed by atoms with E-state index in [1.807, 2.05) is 18.2 Å². The van der Waals surface area contributed by atoms with Crippen LogP contribution in [-0.4, -0.2) is 33.5 Å². The zero-order valence-corrected chi connectivity index (χ0v) is 12.5. The van der Waals surface area contributed by atoms with Crippen molar-refractivity contribution >= 4 is 0 Å². The Balaban J connectivity index is 1.73. The summed E-state index contributed by atoms with van der Waals surface area (Å²) in [5.74, 6) is 1.58. The molecule has 0 atom stereocenters. The summed E-state index contributed by atoms with van der Waals surface area (Å²) in [5, 5.41) is 3.39. The maximum absolute atomic E-state index is 5.82. The van der Waals surface area contributed by atoms with Gasteiger partial charge in [-0.15, -0.1) is 0 Å². The molecule has 0 unspecified atom stereocenters. The first-order valence-electron chi connectivity index (χ1n) is 7.37. The van der Waals surface area contributed by atoms with Crippen LogP contribution in [0.4, 0.5) is 0 Å². The molecule has 0 aliphatic heterocycles. The fourth-order valence-corrected chi connectivity index (χ4v) is 2.67. The van der Waals surface area contributed by atoms with Gasteiger partial charge in [-0.3, -0.25) is 0 Å². The molecule has 0 radical (unpaired) electrons. The van der Waals surface area contributed by atoms with Gasteiger partial charge in [-0.05, 0) is 18.9 Å². The predicted octanol–water partition coefficient (Wildman–Crippen LogP) is 2.75. The number of nitrogens with one attached hydrogen (secondary N) is 1. The fraction of sp³-hybridized carbons (Fsp3) is 0.625. The molecule has 1 fully saturated rings. The lowest BCUT2D eigenvalue weighted by atomic mass is 10.2. The molecule has 4 heteroatoms. The summed E-state index contributed by atoms with van der Waals surface area (Å²) in [7, 11) is 3.33. The van der Waals surface area contributed by atoms with Crippen molar-refractivity contribution in [2.75, 3.05) is 27.4 Å². The van der Waals surface area contributed by atoms with Gasteiger partial charge in [-0.25, -0.2) is 0 Å². The van der Waals surface area contributed by atoms with Gasteiger partial charge in [0, 0.05) is 18.7 Å². The molecule has 1 aromatic carbocycles. The second-order valence-electron chi connectivity index (χ2n) is 5.11. The Bertz CT molecular complexity index is 403. The molecule has 1 N–H and O–H groups in total. The van der Waals surface area contributed by atoms with Gasteiger partial charge >= 0.3 is 0 Å². The minimum atomic E-state index is 0.489. The van der Waals surface area contributed by atoms with Crippen molar-refractivity contribution in [1.82, 2.24) is 5.32 Å². The SMILES string of the molecule is COc1cccc(CNCCOC2CCCC2)c1OC. The monoisotopic (exact) mass is 279 g/mol. The largest absolute Gasteiger partial charge is 0.493 e. The Hall–Kier alpha value is -1.26. The molecular formula is C16H25NO3. The van der Waals surface area contributed by atoms with Crippen LogP contribution in [0.15, 0.2) is 18.2 Å². The Labute approximate surface area is 121 Å². The van der Waals surface area contributed by atoms with Crippen molar-refractivity contribution in [3.05, 3.63) is 23.8 Å². The Morgan fingerprint density at radius 3 is 2.65 bits per heavy atom. The molecule has 0 spiro atoms. The van der Waals surface area contributed by atoms with Crippen molar-refractivity contribution in [1.29, 1.82) is 0 Å². The van der Waals surface area contributed by atoms with Crippen LogP contribution in [0.25, 0.3) is 0 Å². The standard InChI is InChI=1S/C16H25NO3/c1-18-15-9-5-6-13(16(15)19-2)12-17-10-11-20-14-7-3-4-8-14/h5-6,9,14,17H,3-4,7-8,10-12H2,1-2H3. The first-order valence-corrected chi connectivity index (χ1v) is 7.37. The van der Waals surface area contributed by atoms with E-state index >= 15 is 0 Å². The number of para-hydroxylation sites is 1. The third-order valence-corrected chi connectivity index (χ3v) is 3.73. The van der Waals surface area contributed by atoms with E-state index in [2.05, 4.69) is 5.32 Å². The van der Waals surface area contributed by atoms with Crippen LogP contribution in [0.3, 0.4) is 0 Å². The lowest BCUT2D eigenvalue weighted by Crippen LogP contribution is -2.22. The van der Waals surface area contributed by atoms with Crippen molar-refractivity contribution in [2.24, 2.45) is 0 Å². The Kier molecular flexibility index (Phi) is 6.15. The molecule has 0 heterocycles. The fourth-order valence-electron chi connectivity index (χ4n) is 2.67. The average Bonchev–Trinajstić information content (AvgIpc) is 2.99. The summed E-state index contributed by atoms with van der Waals surface area (Å²) in [6.07, 6.45) is 5.58. The van der Waals surface area contributed by atoms with Crippen LogP contribution in [0.2, 0.25) is 0 Å². The minimum Gasteiger partial charge on any atom is -0.493 e. The topological polar surface area (TPSA) is 39.7 Å². The third kappa shape index (κ3) is 4.12. The summed E-state index contributed by atoms with van der Waals surface area (Å²) >= 11 is 0. The van der Waals surface area contributed by atoms with Gasteiger partial charge in [0.05, 0.1) is 26.9 Å². The first-order chi connectivity index (χ1) is 9.85. The van der Waals surface area contributed by atoms with Crippen LogP contribution in [-0.2, 0) is 11.3 Å². The van der Waals surface area contributed by atoms with Crippen molar-refractivity contribution in [3.8, 4) is 11.5 Å². The smallest absolute Gasteiger partial charge is 0.165 e. The molecule has 4 nitrogen and oxygen atoms in total. The van der Waals surface area contributed by atoms with E-state index in [0.29, 0.717) is 6.10 Å². The molecule has 0 aromatic heterocycles. The van der Waals surface area contributed by atoms with Gasteiger partial charge < -0.3 is 19.5 Å². The third-order valence-electron chi connectivity index (χ3n) is 3.73. The molecular weight excluding hydrogens is 254 g/mol. The van der Waals surface area contributed by atoms with Crippen LogP contribution in [0, 0.1) is 0 Å². The maximum Gasteiger partial charge on any atom is 0.165 e. The van der Waals surface area contributed by atoms with Gasteiger partial charge in [-0.1, -0.05) is 25.0 Å². The molecule has 0 saturated heterocycles. The second kappa shape index (κ2) is 8.12. The highest BCUT2D eigenvalue weighted by atomic mass is 16.5. The summed E-state index contributed by atoms with van der Waals surface area (Å²) in [4.78, 5) is 0. The predicted molar refractivity (Wildman–Crippen MR) is 79.5 cm³/mol. The highest BCUT2D eigenvalue weighted by molar-refractivity contribution is 5.46. The summed E-state index contributed by atoms with van der Waals surface area (Å²) in [5.41, 5.74) is 1.10. The molecule has 0 amide bonds. The van der Waals surface area contributed by atoms with Crippen molar-refractivity contribution < 1.29 is 14.2 Å². The van der Waals surface area contributed by atoms with Crippen LogP contribution < -0.4 is 14.8 Å². The van der Waals surface area contributed by atoms with Gasteiger partial charge in [0.15, 0.2) is 11.5 Å². The highest BCUT2D eigenvalue weighted by Gasteiger charge is 2.14. The zero-order valence-electron chi connectivity index (χ0n) is 12.5. The summed E-state index contributed by atoms with van der Waals surface area (Å²) in [6, 6.07) is 5.94. The molecule has 112 valence electrons. The maximum atomic E-state index is 5.82.